The fourth-order valence-electron chi connectivity index (χ4n) is 2.94. The Labute approximate surface area is 147 Å². The summed E-state index contributed by atoms with van der Waals surface area (Å²) in [6.07, 6.45) is 5.49. The van der Waals surface area contributed by atoms with Crippen molar-refractivity contribution in [1.82, 2.24) is 19.0 Å². The van der Waals surface area contributed by atoms with Crippen LogP contribution in [0.4, 0.5) is 0 Å². The van der Waals surface area contributed by atoms with Crippen LogP contribution in [0.25, 0.3) is 0 Å². The predicted octanol–water partition coefficient (Wildman–Crippen LogP) is 1.04. The fraction of sp³-hybridized carbons (Fsp3) is 0.412. The maximum atomic E-state index is 12.7. The molecule has 1 aliphatic heterocycles. The molecule has 1 aromatic carbocycles. The zero-order valence-electron chi connectivity index (χ0n) is 14.2. The van der Waals surface area contributed by atoms with E-state index >= 15 is 0 Å². The summed E-state index contributed by atoms with van der Waals surface area (Å²) in [7, 11) is -3.21. The molecule has 8 heteroatoms. The Hall–Kier alpha value is -2.19. The van der Waals surface area contributed by atoms with E-state index < -0.39 is 10.0 Å². The molecule has 0 aliphatic carbocycles. The SMILES string of the molecule is CS(=O)(=O)N1CCCN(C(=O)c2ccc(Cn3cccn3)cc2)CC1. The van der Waals surface area contributed by atoms with Crippen molar-refractivity contribution in [3.8, 4) is 0 Å². The van der Waals surface area contributed by atoms with E-state index in [0.29, 0.717) is 44.7 Å². The van der Waals surface area contributed by atoms with Crippen LogP contribution in [0.3, 0.4) is 0 Å². The molecule has 0 atom stereocenters. The third-order valence-corrected chi connectivity index (χ3v) is 5.62. The number of benzene rings is 1. The Morgan fingerprint density at radius 2 is 1.88 bits per heavy atom. The maximum absolute atomic E-state index is 12.7. The van der Waals surface area contributed by atoms with Gasteiger partial charge in [0.05, 0.1) is 12.8 Å². The molecule has 0 bridgehead atoms. The number of carbonyl (C=O) groups is 1. The van der Waals surface area contributed by atoms with Gasteiger partial charge in [0.2, 0.25) is 10.0 Å². The van der Waals surface area contributed by atoms with Crippen molar-refractivity contribution < 1.29 is 13.2 Å². The monoisotopic (exact) mass is 362 g/mol. The smallest absolute Gasteiger partial charge is 0.253 e. The second-order valence-electron chi connectivity index (χ2n) is 6.21. The van der Waals surface area contributed by atoms with Gasteiger partial charge in [-0.05, 0) is 30.2 Å². The lowest BCUT2D eigenvalue weighted by Crippen LogP contribution is -2.36. The molecule has 7 nitrogen and oxygen atoms in total. The van der Waals surface area contributed by atoms with Crippen LogP contribution in [0.5, 0.6) is 0 Å². The van der Waals surface area contributed by atoms with Gasteiger partial charge in [0.25, 0.3) is 5.91 Å². The van der Waals surface area contributed by atoms with Crippen molar-refractivity contribution in [2.24, 2.45) is 0 Å². The van der Waals surface area contributed by atoms with E-state index in [2.05, 4.69) is 5.10 Å². The van der Waals surface area contributed by atoms with Crippen molar-refractivity contribution in [1.29, 1.82) is 0 Å². The van der Waals surface area contributed by atoms with Crippen LogP contribution in [-0.4, -0.2) is 65.7 Å². The molecule has 25 heavy (non-hydrogen) atoms. The van der Waals surface area contributed by atoms with Gasteiger partial charge in [0.15, 0.2) is 0 Å². The lowest BCUT2D eigenvalue weighted by atomic mass is 10.1. The number of aromatic nitrogens is 2. The van der Waals surface area contributed by atoms with Crippen LogP contribution < -0.4 is 0 Å². The minimum absolute atomic E-state index is 0.0546. The molecule has 1 amide bonds. The van der Waals surface area contributed by atoms with E-state index in [1.165, 1.54) is 10.6 Å². The van der Waals surface area contributed by atoms with Crippen LogP contribution in [0.2, 0.25) is 0 Å². The number of hydrogen-bond acceptors (Lipinski definition) is 4. The van der Waals surface area contributed by atoms with Gasteiger partial charge in [-0.2, -0.15) is 5.10 Å². The first-order valence-electron chi connectivity index (χ1n) is 8.24. The van der Waals surface area contributed by atoms with Crippen molar-refractivity contribution in [2.45, 2.75) is 13.0 Å². The van der Waals surface area contributed by atoms with Crippen molar-refractivity contribution in [2.75, 3.05) is 32.4 Å². The van der Waals surface area contributed by atoms with Gasteiger partial charge in [-0.15, -0.1) is 0 Å². The Bertz CT molecular complexity index is 816. The van der Waals surface area contributed by atoms with Crippen LogP contribution in [-0.2, 0) is 16.6 Å². The molecule has 0 saturated carbocycles. The molecular weight excluding hydrogens is 340 g/mol. The molecular formula is C17H22N4O3S. The number of sulfonamides is 1. The highest BCUT2D eigenvalue weighted by Crippen LogP contribution is 2.13. The normalized spacial score (nSPS) is 16.6. The van der Waals surface area contributed by atoms with Gasteiger partial charge in [-0.3, -0.25) is 9.48 Å². The first kappa shape index (κ1) is 17.6. The zero-order chi connectivity index (χ0) is 17.9. The highest BCUT2D eigenvalue weighted by molar-refractivity contribution is 7.88. The van der Waals surface area contributed by atoms with E-state index in [9.17, 15) is 13.2 Å². The van der Waals surface area contributed by atoms with Crippen molar-refractivity contribution in [3.05, 3.63) is 53.9 Å². The minimum atomic E-state index is -3.21. The van der Waals surface area contributed by atoms with E-state index in [1.54, 1.807) is 11.1 Å². The molecule has 1 aromatic heterocycles. The summed E-state index contributed by atoms with van der Waals surface area (Å²) in [5.41, 5.74) is 1.69. The molecule has 0 spiro atoms. The summed E-state index contributed by atoms with van der Waals surface area (Å²) in [6.45, 7) is 2.46. The predicted molar refractivity (Wildman–Crippen MR) is 94.7 cm³/mol. The number of hydrogen-bond donors (Lipinski definition) is 0. The van der Waals surface area contributed by atoms with Gasteiger partial charge in [0.1, 0.15) is 0 Å². The van der Waals surface area contributed by atoms with E-state index in [-0.39, 0.29) is 5.91 Å². The van der Waals surface area contributed by atoms with Crippen LogP contribution in [0.15, 0.2) is 42.7 Å². The van der Waals surface area contributed by atoms with Gasteiger partial charge in [0, 0.05) is 44.1 Å². The molecule has 1 fully saturated rings. The van der Waals surface area contributed by atoms with E-state index in [0.717, 1.165) is 5.56 Å². The Morgan fingerprint density at radius 3 is 2.52 bits per heavy atom. The quantitative estimate of drug-likeness (QED) is 0.814. The summed E-state index contributed by atoms with van der Waals surface area (Å²) < 4.78 is 26.6. The Kier molecular flexibility index (Phi) is 5.19. The first-order chi connectivity index (χ1) is 11.9. The zero-order valence-corrected chi connectivity index (χ0v) is 15.0. The van der Waals surface area contributed by atoms with Crippen molar-refractivity contribution in [3.63, 3.8) is 0 Å². The Morgan fingerprint density at radius 1 is 1.12 bits per heavy atom. The third kappa shape index (κ3) is 4.46. The van der Waals surface area contributed by atoms with E-state index in [4.69, 9.17) is 0 Å². The number of carbonyl (C=O) groups excluding carboxylic acids is 1. The lowest BCUT2D eigenvalue weighted by Gasteiger charge is -2.21. The summed E-state index contributed by atoms with van der Waals surface area (Å²) in [4.78, 5) is 14.4. The highest BCUT2D eigenvalue weighted by Gasteiger charge is 2.24. The standard InChI is InChI=1S/C17H22N4O3S/c1-25(23,24)21-11-3-9-19(12-13-21)17(22)16-6-4-15(5-7-16)14-20-10-2-8-18-20/h2,4-8,10H,3,9,11-14H2,1H3. The molecule has 134 valence electrons. The number of nitrogens with zero attached hydrogens (tertiary/aromatic N) is 4. The van der Waals surface area contributed by atoms with Gasteiger partial charge in [-0.25, -0.2) is 12.7 Å². The molecule has 2 heterocycles. The van der Waals surface area contributed by atoms with Crippen LogP contribution in [0, 0.1) is 0 Å². The second-order valence-corrected chi connectivity index (χ2v) is 8.19. The van der Waals surface area contributed by atoms with Crippen molar-refractivity contribution >= 4 is 15.9 Å². The first-order valence-corrected chi connectivity index (χ1v) is 10.1. The molecule has 2 aromatic rings. The Balaban J connectivity index is 1.64. The third-order valence-electron chi connectivity index (χ3n) is 4.32. The summed E-state index contributed by atoms with van der Waals surface area (Å²) in [5.74, 6) is -0.0546. The summed E-state index contributed by atoms with van der Waals surface area (Å²) in [6, 6.07) is 9.36. The topological polar surface area (TPSA) is 75.5 Å². The molecule has 0 radical (unpaired) electrons. The van der Waals surface area contributed by atoms with Crippen LogP contribution in [0.1, 0.15) is 22.3 Å². The molecule has 1 aliphatic rings. The van der Waals surface area contributed by atoms with E-state index in [1.807, 2.05) is 41.2 Å². The molecule has 0 N–H and O–H groups in total. The number of rotatable bonds is 4. The average molecular weight is 362 g/mol. The van der Waals surface area contributed by atoms with Gasteiger partial charge < -0.3 is 4.90 Å². The summed E-state index contributed by atoms with van der Waals surface area (Å²) >= 11 is 0. The molecule has 3 rings (SSSR count). The average Bonchev–Trinajstić information content (AvgIpc) is 2.95. The lowest BCUT2D eigenvalue weighted by molar-refractivity contribution is 0.0764. The van der Waals surface area contributed by atoms with Crippen LogP contribution >= 0.6 is 0 Å². The number of amides is 1. The fourth-order valence-corrected chi connectivity index (χ4v) is 3.82. The maximum Gasteiger partial charge on any atom is 0.253 e. The largest absolute Gasteiger partial charge is 0.337 e. The summed E-state index contributed by atoms with van der Waals surface area (Å²) in [5, 5.41) is 4.17. The second kappa shape index (κ2) is 7.37. The highest BCUT2D eigenvalue weighted by atomic mass is 32.2. The molecule has 1 saturated heterocycles. The molecule has 0 unspecified atom stereocenters. The van der Waals surface area contributed by atoms with Gasteiger partial charge >= 0.3 is 0 Å². The van der Waals surface area contributed by atoms with Gasteiger partial charge in [-0.1, -0.05) is 12.1 Å². The minimum Gasteiger partial charge on any atom is -0.337 e.